The first kappa shape index (κ1) is 24.3. The van der Waals surface area contributed by atoms with Gasteiger partial charge in [0.25, 0.3) is 5.91 Å². The number of aromatic nitrogens is 2. The van der Waals surface area contributed by atoms with E-state index in [2.05, 4.69) is 20.6 Å². The molecule has 4 bridgehead atoms. The number of carbonyl (C=O) groups excluding carboxylic acids is 2. The average Bonchev–Trinajstić information content (AvgIpc) is 3.23. The fraction of sp³-hybridized carbons (Fsp3) is 0.731. The van der Waals surface area contributed by atoms with E-state index >= 15 is 0 Å². The van der Waals surface area contributed by atoms with Crippen LogP contribution in [-0.4, -0.2) is 70.2 Å². The average molecular weight is 486 g/mol. The molecule has 192 valence electrons. The van der Waals surface area contributed by atoms with Gasteiger partial charge in [0.15, 0.2) is 0 Å². The van der Waals surface area contributed by atoms with Gasteiger partial charge in [0.2, 0.25) is 5.91 Å². The normalized spacial score (nSPS) is 32.3. The summed E-state index contributed by atoms with van der Waals surface area (Å²) in [5.74, 6) is 1.92. The van der Waals surface area contributed by atoms with E-state index in [1.54, 1.807) is 10.9 Å². The molecule has 2 heterocycles. The number of nitrogens with one attached hydrogen (secondary N) is 2. The van der Waals surface area contributed by atoms with E-state index in [0.29, 0.717) is 56.0 Å². The second-order valence-electron chi connectivity index (χ2n) is 11.6. The number of amides is 2. The summed E-state index contributed by atoms with van der Waals surface area (Å²) in [6.45, 7) is 8.25. The number of ether oxygens (including phenoxy) is 1. The lowest BCUT2D eigenvalue weighted by molar-refractivity contribution is -0.136. The predicted molar refractivity (Wildman–Crippen MR) is 133 cm³/mol. The molecule has 5 aliphatic rings. The highest BCUT2D eigenvalue weighted by molar-refractivity contribution is 5.99. The Bertz CT molecular complexity index is 980. The van der Waals surface area contributed by atoms with Crippen LogP contribution in [0.2, 0.25) is 0 Å². The third-order valence-corrected chi connectivity index (χ3v) is 8.28. The molecule has 9 nitrogen and oxygen atoms in total. The first-order valence-electron chi connectivity index (χ1n) is 13.1. The Labute approximate surface area is 207 Å². The Hall–Kier alpha value is -2.39. The first-order chi connectivity index (χ1) is 16.7. The molecule has 2 atom stereocenters. The van der Waals surface area contributed by atoms with E-state index in [-0.39, 0.29) is 17.9 Å². The van der Waals surface area contributed by atoms with Gasteiger partial charge in [-0.15, -0.1) is 0 Å². The van der Waals surface area contributed by atoms with Gasteiger partial charge in [-0.2, -0.15) is 5.10 Å². The van der Waals surface area contributed by atoms with Crippen molar-refractivity contribution in [2.75, 3.05) is 31.2 Å². The topological polar surface area (TPSA) is 109 Å². The summed E-state index contributed by atoms with van der Waals surface area (Å²) in [5.41, 5.74) is -0.518. The maximum absolute atomic E-state index is 13.6. The van der Waals surface area contributed by atoms with Crippen LogP contribution in [0.4, 0.5) is 5.82 Å². The minimum Gasteiger partial charge on any atom is -0.390 e. The van der Waals surface area contributed by atoms with Crippen molar-refractivity contribution in [2.45, 2.75) is 76.5 Å². The lowest BCUT2D eigenvalue weighted by Crippen LogP contribution is -2.61. The van der Waals surface area contributed by atoms with Crippen molar-refractivity contribution in [3.05, 3.63) is 17.8 Å². The van der Waals surface area contributed by atoms with Gasteiger partial charge in [-0.25, -0.2) is 4.68 Å². The molecule has 2 amide bonds. The second kappa shape index (κ2) is 9.24. The number of hydrogen-bond acceptors (Lipinski definition) is 6. The molecule has 0 radical (unpaired) electrons. The van der Waals surface area contributed by atoms with Crippen LogP contribution < -0.4 is 15.5 Å². The lowest BCUT2D eigenvalue weighted by Gasteiger charge is -2.58. The van der Waals surface area contributed by atoms with Crippen LogP contribution in [0.5, 0.6) is 0 Å². The van der Waals surface area contributed by atoms with E-state index < -0.39 is 11.1 Å². The molecule has 6 rings (SSSR count). The van der Waals surface area contributed by atoms with Crippen molar-refractivity contribution in [1.29, 1.82) is 0 Å². The molecular formula is C26H39N5O4. The Morgan fingerprint density at radius 1 is 1.23 bits per heavy atom. The standard InChI is InChI=1S/C26H39N5O4/c1-4-21(32)29-25(2,3)5-6-31-24(30-7-9-35-10-8-30)20(16-27-31)23(33)28-22-18-11-17-12-19(22)15-26(34,13-17)14-18/h5-6,16-19,22,34H,4,7-15H2,1-3H3,(H,28,33)(H,29,32)/b6-5+. The van der Waals surface area contributed by atoms with Crippen LogP contribution in [0.1, 0.15) is 69.7 Å². The molecule has 1 aliphatic heterocycles. The van der Waals surface area contributed by atoms with Crippen molar-refractivity contribution in [3.63, 3.8) is 0 Å². The summed E-state index contributed by atoms with van der Waals surface area (Å²) >= 11 is 0. The molecule has 0 aromatic carbocycles. The van der Waals surface area contributed by atoms with Gasteiger partial charge < -0.3 is 25.4 Å². The Kier molecular flexibility index (Phi) is 6.42. The van der Waals surface area contributed by atoms with E-state index in [1.807, 2.05) is 33.0 Å². The molecule has 4 aliphatic carbocycles. The van der Waals surface area contributed by atoms with Crippen molar-refractivity contribution in [1.82, 2.24) is 20.4 Å². The van der Waals surface area contributed by atoms with Crippen molar-refractivity contribution in [2.24, 2.45) is 17.8 Å². The highest BCUT2D eigenvalue weighted by Crippen LogP contribution is 2.55. The molecular weight excluding hydrogens is 446 g/mol. The van der Waals surface area contributed by atoms with Gasteiger partial charge in [0.05, 0.1) is 30.6 Å². The van der Waals surface area contributed by atoms with Gasteiger partial charge in [-0.05, 0) is 69.8 Å². The minimum atomic E-state index is -0.551. The predicted octanol–water partition coefficient (Wildman–Crippen LogP) is 2.16. The van der Waals surface area contributed by atoms with E-state index in [4.69, 9.17) is 4.74 Å². The summed E-state index contributed by atoms with van der Waals surface area (Å²) < 4.78 is 7.28. The van der Waals surface area contributed by atoms with Gasteiger partial charge in [-0.3, -0.25) is 9.59 Å². The van der Waals surface area contributed by atoms with Gasteiger partial charge in [0.1, 0.15) is 11.4 Å². The number of hydrogen-bond donors (Lipinski definition) is 3. The number of anilines is 1. The largest absolute Gasteiger partial charge is 0.390 e. The zero-order valence-electron chi connectivity index (χ0n) is 21.1. The summed E-state index contributed by atoms with van der Waals surface area (Å²) in [5, 5.41) is 21.8. The fourth-order valence-electron chi connectivity index (χ4n) is 6.91. The van der Waals surface area contributed by atoms with Crippen molar-refractivity contribution >= 4 is 23.8 Å². The second-order valence-corrected chi connectivity index (χ2v) is 11.6. The fourth-order valence-corrected chi connectivity index (χ4v) is 6.91. The molecule has 1 aromatic rings. The Balaban J connectivity index is 1.38. The third kappa shape index (κ3) is 4.98. The highest BCUT2D eigenvalue weighted by atomic mass is 16.5. The molecule has 4 saturated carbocycles. The molecule has 2 unspecified atom stereocenters. The maximum Gasteiger partial charge on any atom is 0.256 e. The molecule has 5 fully saturated rings. The van der Waals surface area contributed by atoms with Crippen molar-refractivity contribution in [3.8, 4) is 0 Å². The molecule has 9 heteroatoms. The van der Waals surface area contributed by atoms with Crippen LogP contribution in [0.15, 0.2) is 12.3 Å². The van der Waals surface area contributed by atoms with E-state index in [1.165, 1.54) is 0 Å². The smallest absolute Gasteiger partial charge is 0.256 e. The van der Waals surface area contributed by atoms with Crippen LogP contribution in [-0.2, 0) is 9.53 Å². The summed E-state index contributed by atoms with van der Waals surface area (Å²) in [7, 11) is 0. The zero-order chi connectivity index (χ0) is 24.8. The van der Waals surface area contributed by atoms with Crippen LogP contribution >= 0.6 is 0 Å². The van der Waals surface area contributed by atoms with E-state index in [9.17, 15) is 14.7 Å². The molecule has 3 N–H and O–H groups in total. The summed E-state index contributed by atoms with van der Waals surface area (Å²) in [4.78, 5) is 27.7. The van der Waals surface area contributed by atoms with Gasteiger partial charge in [0, 0.05) is 31.8 Å². The monoisotopic (exact) mass is 485 g/mol. The van der Waals surface area contributed by atoms with Crippen molar-refractivity contribution < 1.29 is 19.4 Å². The lowest BCUT2D eigenvalue weighted by atomic mass is 9.52. The zero-order valence-corrected chi connectivity index (χ0v) is 21.1. The summed E-state index contributed by atoms with van der Waals surface area (Å²) in [6.07, 6.45) is 10.5. The van der Waals surface area contributed by atoms with Crippen LogP contribution in [0, 0.1) is 17.8 Å². The molecule has 1 saturated heterocycles. The van der Waals surface area contributed by atoms with Crippen LogP contribution in [0.25, 0.3) is 6.20 Å². The van der Waals surface area contributed by atoms with Crippen LogP contribution in [0.3, 0.4) is 0 Å². The number of nitrogens with zero attached hydrogens (tertiary/aromatic N) is 3. The molecule has 0 spiro atoms. The Morgan fingerprint density at radius 3 is 2.54 bits per heavy atom. The minimum absolute atomic E-state index is 0.0195. The third-order valence-electron chi connectivity index (χ3n) is 8.28. The van der Waals surface area contributed by atoms with Gasteiger partial charge >= 0.3 is 0 Å². The number of rotatable bonds is 7. The number of aliphatic hydroxyl groups is 1. The maximum atomic E-state index is 13.6. The summed E-state index contributed by atoms with van der Waals surface area (Å²) in [6, 6.07) is 0.110. The van der Waals surface area contributed by atoms with E-state index in [0.717, 1.165) is 37.9 Å². The number of carbonyl (C=O) groups is 2. The van der Waals surface area contributed by atoms with Gasteiger partial charge in [-0.1, -0.05) is 6.92 Å². The first-order valence-corrected chi connectivity index (χ1v) is 13.1. The Morgan fingerprint density at radius 2 is 1.91 bits per heavy atom. The quantitative estimate of drug-likeness (QED) is 0.546. The molecule has 35 heavy (non-hydrogen) atoms. The SMILES string of the molecule is CCC(=O)NC(C)(C)/C=C/n1ncc(C(=O)NC2C3CC4CC2CC(O)(C4)C3)c1N1CCOCC1. The highest BCUT2D eigenvalue weighted by Gasteiger charge is 2.55. The number of morpholine rings is 1. The molecule has 1 aromatic heterocycles.